The van der Waals surface area contributed by atoms with Crippen LogP contribution in [0.3, 0.4) is 0 Å². The van der Waals surface area contributed by atoms with Gasteiger partial charge in [-0.2, -0.15) is 20.1 Å². The first-order valence-electron chi connectivity index (χ1n) is 10.0. The molecule has 1 heterocycles. The van der Waals surface area contributed by atoms with Gasteiger partial charge in [-0.3, -0.25) is 0 Å². The molecule has 0 aliphatic carbocycles. The monoisotopic (exact) mass is 552 g/mol. The Morgan fingerprint density at radius 3 is 2.08 bits per heavy atom. The van der Waals surface area contributed by atoms with E-state index in [9.17, 15) is 13.2 Å². The zero-order chi connectivity index (χ0) is 25.7. The summed E-state index contributed by atoms with van der Waals surface area (Å²) in [5.74, 6) is 0.0676. The van der Waals surface area contributed by atoms with Crippen LogP contribution in [-0.4, -0.2) is 27.5 Å². The molecule has 0 aliphatic rings. The lowest BCUT2D eigenvalue weighted by molar-refractivity contribution is -0.274. The zero-order valence-corrected chi connectivity index (χ0v) is 20.2. The van der Waals surface area contributed by atoms with Crippen LogP contribution in [-0.2, 0) is 0 Å². The number of nitrogens with zero attached hydrogens (tertiary/aromatic N) is 4. The Hall–Kier alpha value is -3.60. The van der Waals surface area contributed by atoms with Crippen LogP contribution < -0.4 is 15.5 Å². The summed E-state index contributed by atoms with van der Waals surface area (Å²) in [5.41, 5.74) is 4.24. The molecule has 0 bridgehead atoms. The molecule has 4 aromatic rings. The van der Waals surface area contributed by atoms with E-state index in [1.807, 2.05) is 0 Å². The Bertz CT molecular complexity index is 1360. The minimum absolute atomic E-state index is 0.0562. The van der Waals surface area contributed by atoms with E-state index in [-0.39, 0.29) is 23.5 Å². The van der Waals surface area contributed by atoms with Crippen LogP contribution in [0.5, 0.6) is 5.75 Å². The number of aromatic nitrogens is 3. The first kappa shape index (κ1) is 25.5. The third kappa shape index (κ3) is 6.97. The Balaban J connectivity index is 1.60. The predicted octanol–water partition coefficient (Wildman–Crippen LogP) is 7.59. The fourth-order valence-corrected chi connectivity index (χ4v) is 3.58. The summed E-state index contributed by atoms with van der Waals surface area (Å²) in [7, 11) is 0. The summed E-state index contributed by atoms with van der Waals surface area (Å²) in [4.78, 5) is 13.1. The Morgan fingerprint density at radius 1 is 0.806 bits per heavy atom. The van der Waals surface area contributed by atoms with E-state index in [0.717, 1.165) is 0 Å². The van der Waals surface area contributed by atoms with E-state index in [2.05, 4.69) is 35.5 Å². The van der Waals surface area contributed by atoms with Crippen LogP contribution in [0.15, 0.2) is 71.8 Å². The van der Waals surface area contributed by atoms with Crippen LogP contribution in [0.4, 0.5) is 30.8 Å². The van der Waals surface area contributed by atoms with Crippen LogP contribution in [0, 0.1) is 0 Å². The fraction of sp³-hybridized carbons (Fsp3) is 0.0435. The number of nitrogens with one attached hydrogen (secondary N) is 2. The fourth-order valence-electron chi connectivity index (χ4n) is 2.89. The number of hydrogen-bond donors (Lipinski definition) is 2. The van der Waals surface area contributed by atoms with E-state index in [0.29, 0.717) is 31.9 Å². The first-order valence-corrected chi connectivity index (χ1v) is 11.2. The van der Waals surface area contributed by atoms with Crippen molar-refractivity contribution >= 4 is 58.6 Å². The molecule has 2 N–H and O–H groups in total. The van der Waals surface area contributed by atoms with Gasteiger partial charge in [0.1, 0.15) is 5.75 Å². The van der Waals surface area contributed by atoms with Gasteiger partial charge in [-0.1, -0.05) is 40.9 Å². The van der Waals surface area contributed by atoms with Gasteiger partial charge in [0, 0.05) is 10.7 Å². The van der Waals surface area contributed by atoms with Gasteiger partial charge in [0.2, 0.25) is 11.9 Å². The lowest BCUT2D eigenvalue weighted by Gasteiger charge is -2.11. The van der Waals surface area contributed by atoms with Crippen molar-refractivity contribution in [3.05, 3.63) is 87.4 Å². The largest absolute Gasteiger partial charge is 0.573 e. The number of anilines is 3. The number of hydrogen-bond acceptors (Lipinski definition) is 7. The number of hydrazone groups is 1. The van der Waals surface area contributed by atoms with Crippen molar-refractivity contribution in [2.24, 2.45) is 5.10 Å². The zero-order valence-electron chi connectivity index (χ0n) is 17.9. The molecule has 0 amide bonds. The molecule has 36 heavy (non-hydrogen) atoms. The van der Waals surface area contributed by atoms with Crippen molar-refractivity contribution in [1.29, 1.82) is 0 Å². The van der Waals surface area contributed by atoms with Crippen molar-refractivity contribution in [3.8, 4) is 17.1 Å². The first-order chi connectivity index (χ1) is 17.2. The van der Waals surface area contributed by atoms with Gasteiger partial charge in [-0.15, -0.1) is 13.2 Å². The van der Waals surface area contributed by atoms with Gasteiger partial charge in [-0.25, -0.2) is 5.43 Å². The number of alkyl halides is 3. The number of rotatable bonds is 7. The molecule has 184 valence electrons. The molecule has 0 spiro atoms. The Kier molecular flexibility index (Phi) is 7.78. The third-order valence-electron chi connectivity index (χ3n) is 4.41. The summed E-state index contributed by atoms with van der Waals surface area (Å²) >= 11 is 18.6. The normalized spacial score (nSPS) is 11.5. The van der Waals surface area contributed by atoms with Gasteiger partial charge in [0.15, 0.2) is 5.82 Å². The second-order valence-corrected chi connectivity index (χ2v) is 8.27. The summed E-state index contributed by atoms with van der Waals surface area (Å²) in [5, 5.41) is 8.34. The van der Waals surface area contributed by atoms with Crippen LogP contribution >= 0.6 is 34.8 Å². The van der Waals surface area contributed by atoms with Gasteiger partial charge in [0.25, 0.3) is 0 Å². The van der Waals surface area contributed by atoms with Gasteiger partial charge < -0.3 is 10.1 Å². The van der Waals surface area contributed by atoms with Crippen molar-refractivity contribution in [2.45, 2.75) is 6.36 Å². The average molecular weight is 554 g/mol. The molecule has 13 heteroatoms. The highest BCUT2D eigenvalue weighted by molar-refractivity contribution is 6.39. The van der Waals surface area contributed by atoms with Crippen molar-refractivity contribution < 1.29 is 17.9 Å². The average Bonchev–Trinajstić information content (AvgIpc) is 2.81. The molecule has 0 atom stereocenters. The van der Waals surface area contributed by atoms with E-state index in [1.165, 1.54) is 30.5 Å². The SMILES string of the molecule is FC(F)(F)Oc1ccc(/C=N/Nc2nc(Nc3ccc(Cl)cc3)nc(-c3c(Cl)cccc3Cl)n2)cc1. The van der Waals surface area contributed by atoms with Crippen LogP contribution in [0.1, 0.15) is 5.56 Å². The standard InChI is InChI=1S/C23H14Cl3F3N6O/c24-14-6-8-15(9-7-14)31-21-32-20(19-17(25)2-1-3-18(19)26)33-22(34-21)35-30-12-13-4-10-16(11-5-13)36-23(27,28)29/h1-12H,(H2,31,32,33,34,35)/b30-12+. The lowest BCUT2D eigenvalue weighted by Crippen LogP contribution is -2.17. The maximum Gasteiger partial charge on any atom is 0.573 e. The van der Waals surface area contributed by atoms with Crippen LogP contribution in [0.25, 0.3) is 11.4 Å². The smallest absolute Gasteiger partial charge is 0.406 e. The predicted molar refractivity (Wildman–Crippen MR) is 134 cm³/mol. The summed E-state index contributed by atoms with van der Waals surface area (Å²) in [6.07, 6.45) is -3.40. The molecule has 0 aliphatic heterocycles. The molecule has 0 radical (unpaired) electrons. The van der Waals surface area contributed by atoms with Gasteiger partial charge >= 0.3 is 6.36 Å². The molecule has 0 saturated carbocycles. The summed E-state index contributed by atoms with van der Waals surface area (Å²) in [6.45, 7) is 0. The summed E-state index contributed by atoms with van der Waals surface area (Å²) < 4.78 is 40.8. The van der Waals surface area contributed by atoms with Gasteiger partial charge in [-0.05, 0) is 66.2 Å². The molecule has 1 aromatic heterocycles. The Morgan fingerprint density at radius 2 is 1.44 bits per heavy atom. The molecular weight excluding hydrogens is 540 g/mol. The maximum absolute atomic E-state index is 12.3. The Labute approximate surface area is 217 Å². The summed E-state index contributed by atoms with van der Waals surface area (Å²) in [6, 6.07) is 17.0. The third-order valence-corrected chi connectivity index (χ3v) is 5.30. The van der Waals surface area contributed by atoms with E-state index in [1.54, 1.807) is 42.5 Å². The van der Waals surface area contributed by atoms with Crippen molar-refractivity contribution in [2.75, 3.05) is 10.7 Å². The minimum Gasteiger partial charge on any atom is -0.406 e. The van der Waals surface area contributed by atoms with Crippen LogP contribution in [0.2, 0.25) is 15.1 Å². The molecule has 0 fully saturated rings. The lowest BCUT2D eigenvalue weighted by atomic mass is 10.2. The van der Waals surface area contributed by atoms with E-state index in [4.69, 9.17) is 34.8 Å². The highest BCUT2D eigenvalue weighted by atomic mass is 35.5. The second-order valence-electron chi connectivity index (χ2n) is 7.02. The van der Waals surface area contributed by atoms with Crippen molar-refractivity contribution in [1.82, 2.24) is 15.0 Å². The maximum atomic E-state index is 12.3. The van der Waals surface area contributed by atoms with Gasteiger partial charge in [0.05, 0.1) is 21.8 Å². The quantitative estimate of drug-likeness (QED) is 0.181. The second kappa shape index (κ2) is 11.0. The van der Waals surface area contributed by atoms with E-state index >= 15 is 0 Å². The number of benzene rings is 3. The minimum atomic E-state index is -4.77. The molecule has 0 saturated heterocycles. The number of halogens is 6. The molecule has 3 aromatic carbocycles. The van der Waals surface area contributed by atoms with Crippen molar-refractivity contribution in [3.63, 3.8) is 0 Å². The molecule has 4 rings (SSSR count). The molecular formula is C23H14Cl3F3N6O. The highest BCUT2D eigenvalue weighted by Crippen LogP contribution is 2.33. The molecule has 0 unspecified atom stereocenters. The number of ether oxygens (including phenoxy) is 1. The molecule has 7 nitrogen and oxygen atoms in total. The topological polar surface area (TPSA) is 84.3 Å². The highest BCUT2D eigenvalue weighted by Gasteiger charge is 2.30. The van der Waals surface area contributed by atoms with E-state index < -0.39 is 6.36 Å².